The van der Waals surface area contributed by atoms with Gasteiger partial charge in [-0.05, 0) is 6.92 Å². The number of hydrazine groups is 1. The number of hydrogen-bond donors (Lipinski definition) is 2. The van der Waals surface area contributed by atoms with E-state index in [1.165, 1.54) is 11.4 Å². The third-order valence-corrected chi connectivity index (χ3v) is 1.70. The molecule has 1 heterocycles. The molecule has 0 radical (unpaired) electrons. The smallest absolute Gasteiger partial charge is 0.358 e. The highest BCUT2D eigenvalue weighted by Gasteiger charge is 2.15. The fraction of sp³-hybridized carbons (Fsp3) is 0.500. The highest BCUT2D eigenvalue weighted by molar-refractivity contribution is 5.91. The molecule has 0 aliphatic rings. The molecule has 0 aliphatic heterocycles. The van der Waals surface area contributed by atoms with Gasteiger partial charge < -0.3 is 9.72 Å². The van der Waals surface area contributed by atoms with Gasteiger partial charge in [0.1, 0.15) is 0 Å². The molecule has 0 spiro atoms. The molecule has 16 heavy (non-hydrogen) atoms. The summed E-state index contributed by atoms with van der Waals surface area (Å²) in [5.41, 5.74) is 2.91. The number of aromatic nitrogens is 2. The minimum atomic E-state index is -0.499. The van der Waals surface area contributed by atoms with E-state index in [4.69, 9.17) is 4.74 Å². The van der Waals surface area contributed by atoms with E-state index < -0.39 is 5.97 Å². The first-order chi connectivity index (χ1) is 7.69. The second-order valence-electron chi connectivity index (χ2n) is 2.76. The number of ether oxygens (including phenoxy) is 1. The normalized spacial score (nSPS) is 10.7. The average molecular weight is 226 g/mol. The molecule has 1 aromatic heterocycles. The number of aromatic amines is 1. The van der Waals surface area contributed by atoms with Crippen LogP contribution in [0.5, 0.6) is 0 Å². The fourth-order valence-corrected chi connectivity index (χ4v) is 0.871. The summed E-state index contributed by atoms with van der Waals surface area (Å²) in [7, 11) is 3.36. The Kier molecular flexibility index (Phi) is 4.40. The number of carbonyl (C=O) groups is 1. The lowest BCUT2D eigenvalue weighted by Crippen LogP contribution is -2.24. The van der Waals surface area contributed by atoms with Gasteiger partial charge in [-0.3, -0.25) is 0 Å². The van der Waals surface area contributed by atoms with E-state index in [9.17, 15) is 4.79 Å². The van der Waals surface area contributed by atoms with Crippen LogP contribution in [0.4, 0.5) is 5.82 Å². The van der Waals surface area contributed by atoms with E-state index >= 15 is 0 Å². The maximum Gasteiger partial charge on any atom is 0.358 e. The van der Waals surface area contributed by atoms with Gasteiger partial charge in [0.2, 0.25) is 5.82 Å². The van der Waals surface area contributed by atoms with Crippen molar-refractivity contribution in [3.8, 4) is 0 Å². The van der Waals surface area contributed by atoms with Gasteiger partial charge in [-0.25, -0.2) is 20.3 Å². The van der Waals surface area contributed by atoms with Gasteiger partial charge in [0.25, 0.3) is 0 Å². The van der Waals surface area contributed by atoms with Gasteiger partial charge in [0.15, 0.2) is 5.69 Å². The van der Waals surface area contributed by atoms with Crippen LogP contribution in [0.15, 0.2) is 16.7 Å². The lowest BCUT2D eigenvalue weighted by Gasteiger charge is -2.06. The van der Waals surface area contributed by atoms with Crippen molar-refractivity contribution in [3.05, 3.63) is 12.0 Å². The Labute approximate surface area is 92.7 Å². The quantitative estimate of drug-likeness (QED) is 0.436. The van der Waals surface area contributed by atoms with Crippen molar-refractivity contribution in [3.63, 3.8) is 0 Å². The first-order valence-electron chi connectivity index (χ1n) is 4.72. The minimum absolute atomic E-state index is 0.190. The molecule has 88 valence electrons. The Morgan fingerprint density at radius 2 is 2.50 bits per heavy atom. The second kappa shape index (κ2) is 5.81. The Morgan fingerprint density at radius 1 is 1.75 bits per heavy atom. The van der Waals surface area contributed by atoms with Crippen LogP contribution in [0.3, 0.4) is 0 Å². The largest absolute Gasteiger partial charge is 0.461 e. The van der Waals surface area contributed by atoms with Crippen molar-refractivity contribution < 1.29 is 9.53 Å². The van der Waals surface area contributed by atoms with Crippen molar-refractivity contribution in [2.45, 2.75) is 6.92 Å². The van der Waals surface area contributed by atoms with Gasteiger partial charge >= 0.3 is 5.97 Å². The van der Waals surface area contributed by atoms with Crippen LogP contribution < -0.4 is 5.43 Å². The number of H-pyrrole nitrogens is 1. The van der Waals surface area contributed by atoms with E-state index in [1.807, 2.05) is 0 Å². The van der Waals surface area contributed by atoms with Crippen LogP contribution in [-0.2, 0) is 4.74 Å². The molecule has 1 aromatic rings. The molecule has 0 unspecified atom stereocenters. The SMILES string of the molecule is CCOC(=O)c1[nH]cnc1/N=N/N(C)NC. The summed E-state index contributed by atoms with van der Waals surface area (Å²) in [4.78, 5) is 17.9. The van der Waals surface area contributed by atoms with E-state index in [-0.39, 0.29) is 11.5 Å². The number of esters is 1. The summed E-state index contributed by atoms with van der Waals surface area (Å²) in [6.45, 7) is 2.02. The number of rotatable bonds is 5. The maximum atomic E-state index is 11.4. The first-order valence-corrected chi connectivity index (χ1v) is 4.72. The predicted octanol–water partition coefficient (Wildman–Crippen LogP) is 0.651. The molecule has 0 amide bonds. The zero-order valence-corrected chi connectivity index (χ0v) is 9.39. The lowest BCUT2D eigenvalue weighted by atomic mass is 10.4. The summed E-state index contributed by atoms with van der Waals surface area (Å²) in [5, 5.41) is 8.91. The summed E-state index contributed by atoms with van der Waals surface area (Å²) in [6.07, 6.45) is 1.36. The van der Waals surface area contributed by atoms with Gasteiger partial charge in [0.05, 0.1) is 12.9 Å². The van der Waals surface area contributed by atoms with E-state index in [1.54, 1.807) is 21.0 Å². The van der Waals surface area contributed by atoms with Crippen molar-refractivity contribution in [1.29, 1.82) is 0 Å². The Hall–Kier alpha value is -1.96. The molecule has 0 aliphatic carbocycles. The average Bonchev–Trinajstić information content (AvgIpc) is 2.74. The number of hydrogen-bond acceptors (Lipinski definition) is 6. The minimum Gasteiger partial charge on any atom is -0.461 e. The Balaban J connectivity index is 2.78. The van der Waals surface area contributed by atoms with Crippen molar-refractivity contribution in [2.75, 3.05) is 20.7 Å². The van der Waals surface area contributed by atoms with Crippen molar-refractivity contribution in [2.24, 2.45) is 10.3 Å². The van der Waals surface area contributed by atoms with E-state index in [0.717, 1.165) is 0 Å². The first kappa shape index (κ1) is 12.1. The van der Waals surface area contributed by atoms with Crippen LogP contribution in [0, 0.1) is 0 Å². The molecule has 0 aromatic carbocycles. The molecule has 0 saturated carbocycles. The van der Waals surface area contributed by atoms with Gasteiger partial charge in [-0.1, -0.05) is 5.22 Å². The van der Waals surface area contributed by atoms with Crippen LogP contribution in [0.1, 0.15) is 17.4 Å². The van der Waals surface area contributed by atoms with Crippen LogP contribution in [0.2, 0.25) is 0 Å². The molecule has 0 fully saturated rings. The monoisotopic (exact) mass is 226 g/mol. The zero-order valence-electron chi connectivity index (χ0n) is 9.39. The summed E-state index contributed by atoms with van der Waals surface area (Å²) in [5.74, 6) is -0.304. The second-order valence-corrected chi connectivity index (χ2v) is 2.76. The molecule has 0 atom stereocenters. The summed E-state index contributed by atoms with van der Waals surface area (Å²) >= 11 is 0. The number of imidazole rings is 1. The van der Waals surface area contributed by atoms with E-state index in [0.29, 0.717) is 6.61 Å². The lowest BCUT2D eigenvalue weighted by molar-refractivity contribution is 0.0521. The molecule has 1 rings (SSSR count). The fourth-order valence-electron chi connectivity index (χ4n) is 0.871. The maximum absolute atomic E-state index is 11.4. The third kappa shape index (κ3) is 3.02. The molecule has 0 saturated heterocycles. The van der Waals surface area contributed by atoms with Gasteiger partial charge in [0, 0.05) is 14.1 Å². The summed E-state index contributed by atoms with van der Waals surface area (Å²) < 4.78 is 4.82. The topological polar surface area (TPSA) is 95.0 Å². The van der Waals surface area contributed by atoms with Crippen LogP contribution >= 0.6 is 0 Å². The Bertz CT molecular complexity index is 374. The molecular formula is C8H14N6O2. The van der Waals surface area contributed by atoms with Crippen LogP contribution in [0.25, 0.3) is 0 Å². The standard InChI is InChI=1S/C8H14N6O2/c1-4-16-8(15)6-7(11-5-10-6)12-13-14(3)9-2/h5,9H,4H2,1-3H3,(H,10,11)/b13-12+. The number of nitrogens with zero attached hydrogens (tertiary/aromatic N) is 4. The number of carbonyl (C=O) groups excluding carboxylic acids is 1. The van der Waals surface area contributed by atoms with Gasteiger partial charge in [-0.15, -0.1) is 5.11 Å². The molecule has 0 bridgehead atoms. The van der Waals surface area contributed by atoms with Crippen molar-refractivity contribution in [1.82, 2.24) is 20.5 Å². The van der Waals surface area contributed by atoms with E-state index in [2.05, 4.69) is 25.7 Å². The Morgan fingerprint density at radius 3 is 3.12 bits per heavy atom. The molecular weight excluding hydrogens is 212 g/mol. The number of nitrogens with one attached hydrogen (secondary N) is 2. The van der Waals surface area contributed by atoms with Crippen molar-refractivity contribution >= 4 is 11.8 Å². The third-order valence-electron chi connectivity index (χ3n) is 1.70. The van der Waals surface area contributed by atoms with Gasteiger partial charge in [-0.2, -0.15) is 0 Å². The van der Waals surface area contributed by atoms with Crippen LogP contribution in [-0.4, -0.2) is 41.8 Å². The molecule has 8 heteroatoms. The molecule has 8 nitrogen and oxygen atoms in total. The highest BCUT2D eigenvalue weighted by Crippen LogP contribution is 2.15. The summed E-state index contributed by atoms with van der Waals surface area (Å²) in [6, 6.07) is 0. The molecule has 2 N–H and O–H groups in total. The zero-order chi connectivity index (χ0) is 12.0. The highest BCUT2D eigenvalue weighted by atomic mass is 16.5. The predicted molar refractivity (Wildman–Crippen MR) is 55.9 cm³/mol.